The smallest absolute Gasteiger partial charge is 0.168 e. The van der Waals surface area contributed by atoms with E-state index in [1.54, 1.807) is 20.4 Å². The zero-order chi connectivity index (χ0) is 17.5. The lowest BCUT2D eigenvalue weighted by Gasteiger charge is -2.07. The summed E-state index contributed by atoms with van der Waals surface area (Å²) >= 11 is 0. The largest absolute Gasteiger partial charge is 0.493 e. The number of nitrogens with zero attached hydrogens (tertiary/aromatic N) is 3. The molecule has 0 aliphatic heterocycles. The van der Waals surface area contributed by atoms with E-state index in [-0.39, 0.29) is 0 Å². The van der Waals surface area contributed by atoms with E-state index in [2.05, 4.69) is 20.7 Å². The highest BCUT2D eigenvalue weighted by molar-refractivity contribution is 5.81. The lowest BCUT2D eigenvalue weighted by molar-refractivity contribution is 0.355. The van der Waals surface area contributed by atoms with Crippen LogP contribution < -0.4 is 14.9 Å². The van der Waals surface area contributed by atoms with Gasteiger partial charge in [-0.05, 0) is 35.9 Å². The maximum atomic E-state index is 5.27. The second-order valence-electron chi connectivity index (χ2n) is 5.15. The van der Waals surface area contributed by atoms with Crippen LogP contribution in [-0.2, 0) is 0 Å². The van der Waals surface area contributed by atoms with Crippen molar-refractivity contribution < 1.29 is 9.47 Å². The number of anilines is 1. The Hall–Kier alpha value is -3.41. The van der Waals surface area contributed by atoms with Crippen molar-refractivity contribution in [1.82, 2.24) is 10.2 Å². The second-order valence-corrected chi connectivity index (χ2v) is 5.15. The molecule has 0 fully saturated rings. The quantitative estimate of drug-likeness (QED) is 0.551. The van der Waals surface area contributed by atoms with Gasteiger partial charge >= 0.3 is 0 Å². The molecule has 0 saturated heterocycles. The maximum Gasteiger partial charge on any atom is 0.168 e. The van der Waals surface area contributed by atoms with E-state index >= 15 is 0 Å². The van der Waals surface area contributed by atoms with Gasteiger partial charge in [0.25, 0.3) is 0 Å². The third kappa shape index (κ3) is 4.11. The van der Waals surface area contributed by atoms with Crippen LogP contribution in [-0.4, -0.2) is 30.6 Å². The van der Waals surface area contributed by atoms with Gasteiger partial charge in [-0.2, -0.15) is 5.10 Å². The predicted molar refractivity (Wildman–Crippen MR) is 98.2 cm³/mol. The van der Waals surface area contributed by atoms with Crippen LogP contribution in [0.15, 0.2) is 65.8 Å². The molecule has 1 aromatic heterocycles. The number of rotatable bonds is 6. The van der Waals surface area contributed by atoms with Crippen LogP contribution in [0.4, 0.5) is 5.82 Å². The molecule has 3 aromatic rings. The van der Waals surface area contributed by atoms with Crippen molar-refractivity contribution in [3.8, 4) is 22.8 Å². The van der Waals surface area contributed by atoms with E-state index < -0.39 is 0 Å². The van der Waals surface area contributed by atoms with Gasteiger partial charge in [-0.25, -0.2) is 0 Å². The molecule has 6 nitrogen and oxygen atoms in total. The van der Waals surface area contributed by atoms with E-state index in [1.807, 2.05) is 60.7 Å². The Balaban J connectivity index is 1.66. The molecule has 0 radical (unpaired) electrons. The van der Waals surface area contributed by atoms with Crippen molar-refractivity contribution in [2.75, 3.05) is 19.6 Å². The SMILES string of the molecule is COc1ccc(C=NNc2ccc(-c3ccccc3)nn2)cc1OC. The number of hydrazone groups is 1. The molecule has 0 aliphatic carbocycles. The number of hydrogen-bond acceptors (Lipinski definition) is 6. The Kier molecular flexibility index (Phi) is 5.21. The third-order valence-corrected chi connectivity index (χ3v) is 3.53. The Bertz CT molecular complexity index is 849. The van der Waals surface area contributed by atoms with Crippen molar-refractivity contribution in [1.29, 1.82) is 0 Å². The lowest BCUT2D eigenvalue weighted by Crippen LogP contribution is -1.97. The van der Waals surface area contributed by atoms with Crippen LogP contribution in [0.3, 0.4) is 0 Å². The normalized spacial score (nSPS) is 10.6. The second kappa shape index (κ2) is 7.92. The molecule has 0 bridgehead atoms. The van der Waals surface area contributed by atoms with E-state index in [1.165, 1.54) is 0 Å². The third-order valence-electron chi connectivity index (χ3n) is 3.53. The van der Waals surface area contributed by atoms with Gasteiger partial charge in [-0.15, -0.1) is 10.2 Å². The Morgan fingerprint density at radius 2 is 1.68 bits per heavy atom. The zero-order valence-corrected chi connectivity index (χ0v) is 14.0. The number of hydrogen-bond donors (Lipinski definition) is 1. The summed E-state index contributed by atoms with van der Waals surface area (Å²) in [7, 11) is 3.20. The van der Waals surface area contributed by atoms with Gasteiger partial charge in [-0.3, -0.25) is 5.43 Å². The standard InChI is InChI=1S/C19H18N4O2/c1-24-17-10-8-14(12-18(17)25-2)13-20-22-19-11-9-16(21-23-19)15-6-4-3-5-7-15/h3-13H,1-2H3,(H,22,23). The van der Waals surface area contributed by atoms with Gasteiger partial charge in [0.05, 0.1) is 26.1 Å². The number of aromatic nitrogens is 2. The van der Waals surface area contributed by atoms with Gasteiger partial charge < -0.3 is 9.47 Å². The first-order chi connectivity index (χ1) is 12.3. The Labute approximate surface area is 146 Å². The molecule has 6 heteroatoms. The zero-order valence-electron chi connectivity index (χ0n) is 14.0. The molecule has 126 valence electrons. The van der Waals surface area contributed by atoms with Gasteiger partial charge in [0, 0.05) is 5.56 Å². The van der Waals surface area contributed by atoms with Gasteiger partial charge in [-0.1, -0.05) is 30.3 Å². The first-order valence-electron chi connectivity index (χ1n) is 7.70. The summed E-state index contributed by atoms with van der Waals surface area (Å²) < 4.78 is 10.5. The molecule has 0 aliphatic rings. The molecule has 0 unspecified atom stereocenters. The first-order valence-corrected chi connectivity index (χ1v) is 7.70. The summed E-state index contributed by atoms with van der Waals surface area (Å²) in [4.78, 5) is 0. The molecular weight excluding hydrogens is 316 g/mol. The fourth-order valence-electron chi connectivity index (χ4n) is 2.26. The van der Waals surface area contributed by atoms with Crippen LogP contribution >= 0.6 is 0 Å². The first kappa shape index (κ1) is 16.4. The summed E-state index contributed by atoms with van der Waals surface area (Å²) in [5.74, 6) is 1.89. The summed E-state index contributed by atoms with van der Waals surface area (Å²) in [6.45, 7) is 0. The monoisotopic (exact) mass is 334 g/mol. The fraction of sp³-hybridized carbons (Fsp3) is 0.105. The van der Waals surface area contributed by atoms with Crippen molar-refractivity contribution in [2.45, 2.75) is 0 Å². The minimum atomic E-state index is 0.566. The Morgan fingerprint density at radius 3 is 2.36 bits per heavy atom. The average Bonchev–Trinajstić information content (AvgIpc) is 2.69. The Morgan fingerprint density at radius 1 is 0.880 bits per heavy atom. The van der Waals surface area contributed by atoms with Crippen LogP contribution in [0, 0.1) is 0 Å². The van der Waals surface area contributed by atoms with Crippen molar-refractivity contribution in [3.63, 3.8) is 0 Å². The molecular formula is C19H18N4O2. The summed E-state index contributed by atoms with van der Waals surface area (Å²) in [5, 5.41) is 12.5. The predicted octanol–water partition coefficient (Wildman–Crippen LogP) is 3.61. The molecule has 3 rings (SSSR count). The van der Waals surface area contributed by atoms with Gasteiger partial charge in [0.15, 0.2) is 17.3 Å². The fourth-order valence-corrected chi connectivity index (χ4v) is 2.26. The van der Waals surface area contributed by atoms with Gasteiger partial charge in [0.2, 0.25) is 0 Å². The average molecular weight is 334 g/mol. The molecule has 0 spiro atoms. The van der Waals surface area contributed by atoms with Crippen molar-refractivity contribution in [3.05, 3.63) is 66.2 Å². The summed E-state index contributed by atoms with van der Waals surface area (Å²) in [5.41, 5.74) is 5.57. The number of ether oxygens (including phenoxy) is 2. The lowest BCUT2D eigenvalue weighted by atomic mass is 10.1. The van der Waals surface area contributed by atoms with Gasteiger partial charge in [0.1, 0.15) is 0 Å². The molecule has 1 heterocycles. The highest BCUT2D eigenvalue weighted by Crippen LogP contribution is 2.26. The minimum Gasteiger partial charge on any atom is -0.493 e. The maximum absolute atomic E-state index is 5.27. The van der Waals surface area contributed by atoms with Crippen LogP contribution in [0.5, 0.6) is 11.5 Å². The van der Waals surface area contributed by atoms with E-state index in [9.17, 15) is 0 Å². The van der Waals surface area contributed by atoms with E-state index in [0.717, 1.165) is 16.8 Å². The molecule has 25 heavy (non-hydrogen) atoms. The van der Waals surface area contributed by atoms with Crippen LogP contribution in [0.1, 0.15) is 5.56 Å². The highest BCUT2D eigenvalue weighted by atomic mass is 16.5. The molecule has 1 N–H and O–H groups in total. The summed E-state index contributed by atoms with van der Waals surface area (Å²) in [6.07, 6.45) is 1.68. The molecule has 0 saturated carbocycles. The number of methoxy groups -OCH3 is 2. The molecule has 0 amide bonds. The number of nitrogens with one attached hydrogen (secondary N) is 1. The van der Waals surface area contributed by atoms with Crippen molar-refractivity contribution in [2.24, 2.45) is 5.10 Å². The number of benzene rings is 2. The minimum absolute atomic E-state index is 0.566. The topological polar surface area (TPSA) is 68.6 Å². The van der Waals surface area contributed by atoms with E-state index in [4.69, 9.17) is 9.47 Å². The van der Waals surface area contributed by atoms with Crippen LogP contribution in [0.2, 0.25) is 0 Å². The highest BCUT2D eigenvalue weighted by Gasteiger charge is 2.03. The van der Waals surface area contributed by atoms with Crippen molar-refractivity contribution >= 4 is 12.0 Å². The molecule has 2 aromatic carbocycles. The molecule has 0 atom stereocenters. The van der Waals surface area contributed by atoms with E-state index in [0.29, 0.717) is 17.3 Å². The van der Waals surface area contributed by atoms with Crippen LogP contribution in [0.25, 0.3) is 11.3 Å². The summed E-state index contributed by atoms with van der Waals surface area (Å²) in [6, 6.07) is 19.2.